The van der Waals surface area contributed by atoms with E-state index in [1.54, 1.807) is 0 Å². The predicted octanol–water partition coefficient (Wildman–Crippen LogP) is 6.71. The van der Waals surface area contributed by atoms with Gasteiger partial charge in [-0.05, 0) is 25.7 Å². The number of aliphatic carboxylic acids is 1. The Hall–Kier alpha value is -0.940. The maximum atomic E-state index is 10.9. The number of unbranched alkanes of at least 4 members (excludes halogenated alkanes) is 14. The SMILES string of the molecule is CCCCCCCCCCCCOC(CCC(=O)O)COCCCCCCCC=O. The van der Waals surface area contributed by atoms with Crippen molar-refractivity contribution in [2.75, 3.05) is 19.8 Å². The number of carboxylic acid groups (broad SMARTS) is 1. The van der Waals surface area contributed by atoms with Gasteiger partial charge < -0.3 is 19.4 Å². The third-order valence-corrected chi connectivity index (χ3v) is 5.45. The summed E-state index contributed by atoms with van der Waals surface area (Å²) in [5.41, 5.74) is 0. The zero-order valence-electron chi connectivity index (χ0n) is 19.6. The molecule has 0 amide bonds. The van der Waals surface area contributed by atoms with Gasteiger partial charge in [0.2, 0.25) is 0 Å². The van der Waals surface area contributed by atoms with Crippen LogP contribution in [0.5, 0.6) is 0 Å². The Morgan fingerprint density at radius 2 is 1.33 bits per heavy atom. The molecule has 1 unspecified atom stereocenters. The molecule has 0 fully saturated rings. The lowest BCUT2D eigenvalue weighted by Crippen LogP contribution is -2.22. The second-order valence-corrected chi connectivity index (χ2v) is 8.41. The van der Waals surface area contributed by atoms with Crippen molar-refractivity contribution >= 4 is 12.3 Å². The van der Waals surface area contributed by atoms with Crippen LogP contribution < -0.4 is 0 Å². The molecule has 0 aromatic rings. The summed E-state index contributed by atoms with van der Waals surface area (Å²) in [5.74, 6) is -0.780. The molecule has 1 atom stereocenters. The van der Waals surface area contributed by atoms with E-state index < -0.39 is 5.97 Å². The predicted molar refractivity (Wildman–Crippen MR) is 123 cm³/mol. The minimum absolute atomic E-state index is 0.118. The number of carbonyl (C=O) groups is 2. The third kappa shape index (κ3) is 23.3. The minimum Gasteiger partial charge on any atom is -0.481 e. The molecule has 30 heavy (non-hydrogen) atoms. The highest BCUT2D eigenvalue weighted by Crippen LogP contribution is 2.12. The number of rotatable bonds is 25. The first-order valence-corrected chi connectivity index (χ1v) is 12.6. The monoisotopic (exact) mass is 428 g/mol. The quantitative estimate of drug-likeness (QED) is 0.129. The topological polar surface area (TPSA) is 72.8 Å². The molecule has 0 aliphatic carbocycles. The molecule has 0 heterocycles. The van der Waals surface area contributed by atoms with Gasteiger partial charge in [-0.25, -0.2) is 0 Å². The summed E-state index contributed by atoms with van der Waals surface area (Å²) in [6.45, 7) is 4.12. The molecular weight excluding hydrogens is 380 g/mol. The molecule has 0 aromatic heterocycles. The van der Waals surface area contributed by atoms with E-state index in [2.05, 4.69) is 6.92 Å². The molecule has 0 aliphatic rings. The van der Waals surface area contributed by atoms with Crippen LogP contribution in [0, 0.1) is 0 Å². The van der Waals surface area contributed by atoms with Crippen molar-refractivity contribution in [2.24, 2.45) is 0 Å². The van der Waals surface area contributed by atoms with Crippen LogP contribution in [0.3, 0.4) is 0 Å². The number of hydrogen-bond acceptors (Lipinski definition) is 4. The molecule has 0 spiro atoms. The van der Waals surface area contributed by atoms with E-state index in [-0.39, 0.29) is 12.5 Å². The first-order valence-electron chi connectivity index (χ1n) is 12.6. The summed E-state index contributed by atoms with van der Waals surface area (Å²) >= 11 is 0. The van der Waals surface area contributed by atoms with Crippen LogP contribution >= 0.6 is 0 Å². The molecule has 5 heteroatoms. The van der Waals surface area contributed by atoms with Crippen molar-refractivity contribution in [1.82, 2.24) is 0 Å². The summed E-state index contributed by atoms with van der Waals surface area (Å²) in [4.78, 5) is 21.1. The van der Waals surface area contributed by atoms with Crippen LogP contribution in [0.2, 0.25) is 0 Å². The van der Waals surface area contributed by atoms with Crippen molar-refractivity contribution in [1.29, 1.82) is 0 Å². The summed E-state index contributed by atoms with van der Waals surface area (Å²) in [6, 6.07) is 0. The van der Waals surface area contributed by atoms with E-state index >= 15 is 0 Å². The Morgan fingerprint density at radius 3 is 1.90 bits per heavy atom. The molecule has 1 N–H and O–H groups in total. The smallest absolute Gasteiger partial charge is 0.303 e. The maximum absolute atomic E-state index is 10.9. The van der Waals surface area contributed by atoms with E-state index in [1.807, 2.05) is 0 Å². The Balaban J connectivity index is 3.65. The summed E-state index contributed by atoms with van der Waals surface area (Å²) in [5, 5.41) is 8.93. The Labute approximate surface area is 185 Å². The highest BCUT2D eigenvalue weighted by Gasteiger charge is 2.12. The van der Waals surface area contributed by atoms with E-state index in [4.69, 9.17) is 14.6 Å². The summed E-state index contributed by atoms with van der Waals surface area (Å²) in [6.07, 6.45) is 20.4. The van der Waals surface area contributed by atoms with Crippen LogP contribution in [-0.2, 0) is 19.1 Å². The molecule has 0 saturated heterocycles. The van der Waals surface area contributed by atoms with E-state index in [0.717, 1.165) is 44.8 Å². The number of carbonyl (C=O) groups excluding carboxylic acids is 1. The molecule has 0 radical (unpaired) electrons. The lowest BCUT2D eigenvalue weighted by Gasteiger charge is -2.17. The van der Waals surface area contributed by atoms with Gasteiger partial charge in [0.25, 0.3) is 0 Å². The Morgan fingerprint density at radius 1 is 0.800 bits per heavy atom. The van der Waals surface area contributed by atoms with Gasteiger partial charge in [-0.2, -0.15) is 0 Å². The van der Waals surface area contributed by atoms with E-state index in [1.165, 1.54) is 57.8 Å². The van der Waals surface area contributed by atoms with Crippen molar-refractivity contribution in [2.45, 2.75) is 129 Å². The fourth-order valence-corrected chi connectivity index (χ4v) is 3.52. The Kier molecular flexibility index (Phi) is 23.6. The first-order chi connectivity index (χ1) is 14.7. The van der Waals surface area contributed by atoms with Gasteiger partial charge in [0.15, 0.2) is 0 Å². The summed E-state index contributed by atoms with van der Waals surface area (Å²) in [7, 11) is 0. The molecule has 0 bridgehead atoms. The van der Waals surface area contributed by atoms with Gasteiger partial charge in [-0.15, -0.1) is 0 Å². The molecular formula is C25H48O5. The third-order valence-electron chi connectivity index (χ3n) is 5.45. The van der Waals surface area contributed by atoms with Crippen molar-refractivity contribution in [3.63, 3.8) is 0 Å². The van der Waals surface area contributed by atoms with Gasteiger partial charge in [-0.3, -0.25) is 4.79 Å². The van der Waals surface area contributed by atoms with Gasteiger partial charge in [0.05, 0.1) is 12.7 Å². The highest BCUT2D eigenvalue weighted by atomic mass is 16.5. The van der Waals surface area contributed by atoms with Crippen LogP contribution in [0.25, 0.3) is 0 Å². The second-order valence-electron chi connectivity index (χ2n) is 8.41. The van der Waals surface area contributed by atoms with Crippen LogP contribution in [-0.4, -0.2) is 43.3 Å². The number of hydrogen-bond donors (Lipinski definition) is 1. The maximum Gasteiger partial charge on any atom is 0.303 e. The fraction of sp³-hybridized carbons (Fsp3) is 0.920. The van der Waals surface area contributed by atoms with Gasteiger partial charge in [-0.1, -0.05) is 84.0 Å². The van der Waals surface area contributed by atoms with E-state index in [0.29, 0.717) is 32.7 Å². The average molecular weight is 429 g/mol. The van der Waals surface area contributed by atoms with Crippen molar-refractivity contribution in [3.05, 3.63) is 0 Å². The van der Waals surface area contributed by atoms with E-state index in [9.17, 15) is 9.59 Å². The number of ether oxygens (including phenoxy) is 2. The van der Waals surface area contributed by atoms with Gasteiger partial charge in [0, 0.05) is 26.1 Å². The lowest BCUT2D eigenvalue weighted by molar-refractivity contribution is -0.138. The van der Waals surface area contributed by atoms with Crippen molar-refractivity contribution in [3.8, 4) is 0 Å². The summed E-state index contributed by atoms with van der Waals surface area (Å²) < 4.78 is 11.6. The molecule has 0 aromatic carbocycles. The second kappa shape index (κ2) is 24.3. The normalized spacial score (nSPS) is 12.2. The number of carboxylic acids is 1. The fourth-order valence-electron chi connectivity index (χ4n) is 3.52. The van der Waals surface area contributed by atoms with Gasteiger partial charge in [0.1, 0.15) is 6.29 Å². The minimum atomic E-state index is -0.780. The molecule has 5 nitrogen and oxygen atoms in total. The lowest BCUT2D eigenvalue weighted by atomic mass is 10.1. The first kappa shape index (κ1) is 29.1. The zero-order valence-corrected chi connectivity index (χ0v) is 19.6. The zero-order chi connectivity index (χ0) is 22.1. The van der Waals surface area contributed by atoms with Crippen LogP contribution in [0.15, 0.2) is 0 Å². The van der Waals surface area contributed by atoms with Gasteiger partial charge >= 0.3 is 5.97 Å². The standard InChI is InChI=1S/C25H48O5/c1-2-3-4-5-6-7-8-10-14-17-22-30-24(18-19-25(27)28)23-29-21-16-13-11-9-12-15-20-26/h20,24H,2-19,21-23H2,1H3,(H,27,28). The number of aldehydes is 1. The average Bonchev–Trinajstić information content (AvgIpc) is 2.73. The molecule has 0 saturated carbocycles. The Bertz CT molecular complexity index is 373. The van der Waals surface area contributed by atoms with Crippen molar-refractivity contribution < 1.29 is 24.2 Å². The van der Waals surface area contributed by atoms with Crippen LogP contribution in [0.1, 0.15) is 122 Å². The van der Waals surface area contributed by atoms with Crippen LogP contribution in [0.4, 0.5) is 0 Å². The molecule has 178 valence electrons. The largest absolute Gasteiger partial charge is 0.481 e. The highest BCUT2D eigenvalue weighted by molar-refractivity contribution is 5.66. The molecule has 0 rings (SSSR count). The molecule has 0 aliphatic heterocycles.